The average molecular weight is 451 g/mol. The van der Waals surface area contributed by atoms with Crippen molar-refractivity contribution in [2.45, 2.75) is 18.8 Å². The first-order valence-corrected chi connectivity index (χ1v) is 11.6. The zero-order valence-electron chi connectivity index (χ0n) is 18.8. The van der Waals surface area contributed by atoms with Gasteiger partial charge in [-0.15, -0.1) is 11.8 Å². The van der Waals surface area contributed by atoms with Gasteiger partial charge in [0.15, 0.2) is 18.9 Å². The molecule has 4 rings (SSSR count). The zero-order chi connectivity index (χ0) is 22.8. The lowest BCUT2D eigenvalue weighted by Crippen LogP contribution is -2.60. The van der Waals surface area contributed by atoms with Crippen molar-refractivity contribution in [2.75, 3.05) is 31.9 Å². The van der Waals surface area contributed by atoms with E-state index in [1.54, 1.807) is 16.7 Å². The summed E-state index contributed by atoms with van der Waals surface area (Å²) < 4.78 is 7.01. The van der Waals surface area contributed by atoms with E-state index in [2.05, 4.69) is 41.3 Å². The van der Waals surface area contributed by atoms with E-state index in [0.717, 1.165) is 16.7 Å². The standard InChI is InChI=1S/C25H28N3O3S/c1-17-23(29)28-22(25(30)31-4)20(16-32-24(17)28)15-27-13-11-19(12-14-27)6-5-18-7-9-21(10-8-18)26(2)3/h5-14,17,24H,15-16H2,1-4H3/q+1. The summed E-state index contributed by atoms with van der Waals surface area (Å²) in [7, 11) is 5.42. The molecule has 166 valence electrons. The average Bonchev–Trinajstić information content (AvgIpc) is 2.82. The molecule has 0 spiro atoms. The first-order chi connectivity index (χ1) is 15.4. The number of esters is 1. The number of benzene rings is 1. The van der Waals surface area contributed by atoms with Gasteiger partial charge in [-0.1, -0.05) is 31.2 Å². The van der Waals surface area contributed by atoms with E-state index in [4.69, 9.17) is 4.74 Å². The second kappa shape index (κ2) is 9.20. The van der Waals surface area contributed by atoms with Crippen LogP contribution in [0.5, 0.6) is 0 Å². The van der Waals surface area contributed by atoms with E-state index >= 15 is 0 Å². The molecule has 2 unspecified atom stereocenters. The van der Waals surface area contributed by atoms with Crippen molar-refractivity contribution < 1.29 is 18.9 Å². The molecule has 1 fully saturated rings. The molecule has 2 atom stereocenters. The Morgan fingerprint density at radius 3 is 2.38 bits per heavy atom. The first kappa shape index (κ1) is 22.1. The van der Waals surface area contributed by atoms with E-state index in [1.807, 2.05) is 50.1 Å². The van der Waals surface area contributed by atoms with Crippen LogP contribution in [0.15, 0.2) is 60.1 Å². The van der Waals surface area contributed by atoms with Crippen molar-refractivity contribution in [3.05, 3.63) is 71.2 Å². The molecule has 0 radical (unpaired) electrons. The maximum atomic E-state index is 12.4. The largest absolute Gasteiger partial charge is 0.464 e. The predicted octanol–water partition coefficient (Wildman–Crippen LogP) is 3.19. The highest BCUT2D eigenvalue weighted by Crippen LogP contribution is 2.43. The molecule has 1 saturated heterocycles. The Labute approximate surface area is 193 Å². The lowest BCUT2D eigenvalue weighted by atomic mass is 9.97. The van der Waals surface area contributed by atoms with Crippen LogP contribution < -0.4 is 9.47 Å². The Morgan fingerprint density at radius 2 is 1.78 bits per heavy atom. The molecule has 7 heteroatoms. The lowest BCUT2D eigenvalue weighted by molar-refractivity contribution is -0.689. The number of hydrogen-bond acceptors (Lipinski definition) is 5. The molecule has 1 aromatic carbocycles. The van der Waals surface area contributed by atoms with E-state index in [9.17, 15) is 9.59 Å². The van der Waals surface area contributed by atoms with Gasteiger partial charge >= 0.3 is 5.97 Å². The number of fused-ring (bicyclic) bond motifs is 1. The molecule has 1 aromatic heterocycles. The van der Waals surface area contributed by atoms with Gasteiger partial charge in [0.2, 0.25) is 5.91 Å². The topological polar surface area (TPSA) is 53.7 Å². The molecular weight excluding hydrogens is 422 g/mol. The van der Waals surface area contributed by atoms with E-state index in [0.29, 0.717) is 18.0 Å². The third-order valence-corrected chi connectivity index (χ3v) is 7.34. The summed E-state index contributed by atoms with van der Waals surface area (Å²) in [6.45, 7) is 2.45. The minimum atomic E-state index is -0.439. The molecule has 3 heterocycles. The maximum Gasteiger partial charge on any atom is 0.355 e. The number of thioether (sulfide) groups is 1. The third-order valence-electron chi connectivity index (χ3n) is 5.86. The zero-order valence-corrected chi connectivity index (χ0v) is 19.6. The second-order valence-corrected chi connectivity index (χ2v) is 9.37. The summed E-state index contributed by atoms with van der Waals surface area (Å²) in [6.07, 6.45) is 8.16. The number of aromatic nitrogens is 1. The van der Waals surface area contributed by atoms with Crippen LogP contribution in [0.3, 0.4) is 0 Å². The van der Waals surface area contributed by atoms with Gasteiger partial charge in [0.1, 0.15) is 5.70 Å². The number of β-lactam (4-membered cyclic amide) rings is 1. The minimum absolute atomic E-state index is 0.0100. The van der Waals surface area contributed by atoms with Gasteiger partial charge in [-0.3, -0.25) is 9.69 Å². The normalized spacial score (nSPS) is 20.2. The summed E-state index contributed by atoms with van der Waals surface area (Å²) in [5, 5.41) is 0.0321. The summed E-state index contributed by atoms with van der Waals surface area (Å²) in [6, 6.07) is 12.5. The molecule has 32 heavy (non-hydrogen) atoms. The maximum absolute atomic E-state index is 12.4. The smallest absolute Gasteiger partial charge is 0.355 e. The van der Waals surface area contributed by atoms with Crippen LogP contribution in [0.4, 0.5) is 5.69 Å². The van der Waals surface area contributed by atoms with Crippen molar-refractivity contribution >= 4 is 41.5 Å². The van der Waals surface area contributed by atoms with Gasteiger partial charge in [0.25, 0.3) is 0 Å². The molecule has 2 aliphatic rings. The number of pyridine rings is 1. The van der Waals surface area contributed by atoms with Crippen LogP contribution in [-0.4, -0.2) is 49.1 Å². The quantitative estimate of drug-likeness (QED) is 0.384. The minimum Gasteiger partial charge on any atom is -0.464 e. The van der Waals surface area contributed by atoms with Crippen molar-refractivity contribution in [2.24, 2.45) is 5.92 Å². The molecule has 0 bridgehead atoms. The van der Waals surface area contributed by atoms with Crippen molar-refractivity contribution in [3.63, 3.8) is 0 Å². The summed E-state index contributed by atoms with van der Waals surface area (Å²) >= 11 is 1.71. The number of hydrogen-bond donors (Lipinski definition) is 0. The SMILES string of the molecule is COC(=O)C1=C(C[n+]2ccc(/C=C/c3ccc(N(C)C)cc3)cc2)CSC2C(C)C(=O)N12. The molecule has 0 aliphatic carbocycles. The highest BCUT2D eigenvalue weighted by Gasteiger charge is 2.51. The van der Waals surface area contributed by atoms with E-state index in [1.165, 1.54) is 12.8 Å². The molecule has 0 N–H and O–H groups in total. The van der Waals surface area contributed by atoms with Gasteiger partial charge in [-0.2, -0.15) is 0 Å². The first-order valence-electron chi connectivity index (χ1n) is 10.6. The van der Waals surface area contributed by atoms with Crippen LogP contribution in [0.25, 0.3) is 12.2 Å². The number of rotatable bonds is 6. The van der Waals surface area contributed by atoms with Crippen LogP contribution in [-0.2, 0) is 20.9 Å². The van der Waals surface area contributed by atoms with E-state index in [-0.39, 0.29) is 17.2 Å². The highest BCUT2D eigenvalue weighted by molar-refractivity contribution is 8.00. The molecule has 2 aromatic rings. The highest BCUT2D eigenvalue weighted by atomic mass is 32.2. The Morgan fingerprint density at radius 1 is 1.16 bits per heavy atom. The molecule has 0 saturated carbocycles. The number of amides is 1. The molecule has 6 nitrogen and oxygen atoms in total. The number of anilines is 1. The second-order valence-electron chi connectivity index (χ2n) is 8.27. The Bertz CT molecular complexity index is 1070. The number of nitrogens with zero attached hydrogens (tertiary/aromatic N) is 3. The Balaban J connectivity index is 1.48. The van der Waals surface area contributed by atoms with Crippen LogP contribution in [0.1, 0.15) is 18.1 Å². The molecule has 1 amide bonds. The van der Waals surface area contributed by atoms with Gasteiger partial charge < -0.3 is 9.64 Å². The van der Waals surface area contributed by atoms with Crippen molar-refractivity contribution in [1.82, 2.24) is 4.90 Å². The lowest BCUT2D eigenvalue weighted by Gasteiger charge is -2.48. The molecular formula is C25H28N3O3S+. The third kappa shape index (κ3) is 4.30. The summed E-state index contributed by atoms with van der Waals surface area (Å²) in [4.78, 5) is 28.5. The fourth-order valence-electron chi connectivity index (χ4n) is 3.93. The van der Waals surface area contributed by atoms with Crippen LogP contribution in [0, 0.1) is 5.92 Å². The van der Waals surface area contributed by atoms with Gasteiger partial charge in [0, 0.05) is 43.2 Å². The van der Waals surface area contributed by atoms with Crippen LogP contribution in [0.2, 0.25) is 0 Å². The van der Waals surface area contributed by atoms with Crippen molar-refractivity contribution in [3.8, 4) is 0 Å². The molecule has 2 aliphatic heterocycles. The van der Waals surface area contributed by atoms with E-state index < -0.39 is 5.97 Å². The summed E-state index contributed by atoms with van der Waals surface area (Å²) in [5.74, 6) is 0.204. The summed E-state index contributed by atoms with van der Waals surface area (Å²) in [5.41, 5.74) is 4.72. The fourth-order valence-corrected chi connectivity index (χ4v) is 5.29. The number of carbonyl (C=O) groups excluding carboxylic acids is 2. The van der Waals surface area contributed by atoms with Crippen molar-refractivity contribution in [1.29, 1.82) is 0 Å². The predicted molar refractivity (Wildman–Crippen MR) is 128 cm³/mol. The van der Waals surface area contributed by atoms with Crippen LogP contribution >= 0.6 is 11.8 Å². The number of carbonyl (C=O) groups is 2. The number of ether oxygens (including phenoxy) is 1. The van der Waals surface area contributed by atoms with Gasteiger partial charge in [-0.25, -0.2) is 9.36 Å². The van der Waals surface area contributed by atoms with Gasteiger partial charge in [-0.05, 0) is 23.3 Å². The number of methoxy groups -OCH3 is 1. The fraction of sp³-hybridized carbons (Fsp3) is 0.320. The monoisotopic (exact) mass is 450 g/mol. The Kier molecular flexibility index (Phi) is 6.37. The van der Waals surface area contributed by atoms with Gasteiger partial charge in [0.05, 0.1) is 18.4 Å². The Hall–Kier alpha value is -3.06.